The smallest absolute Gasteiger partial charge is 0.321 e. The molecule has 0 saturated heterocycles. The number of nitrogens with zero attached hydrogens (tertiary/aromatic N) is 4. The van der Waals surface area contributed by atoms with E-state index in [0.29, 0.717) is 38.6 Å². The lowest BCUT2D eigenvalue weighted by atomic mass is 10.2. The summed E-state index contributed by atoms with van der Waals surface area (Å²) in [4.78, 5) is 23.5. The molecule has 10 heteroatoms. The van der Waals surface area contributed by atoms with E-state index in [1.54, 1.807) is 36.2 Å². The van der Waals surface area contributed by atoms with Crippen LogP contribution in [0, 0.1) is 12.7 Å². The molecule has 3 aromatic heterocycles. The fraction of sp³-hybridized carbons (Fsp3) is 0.190. The minimum Gasteiger partial charge on any atom is -0.354 e. The number of pyridine rings is 1. The van der Waals surface area contributed by atoms with Gasteiger partial charge in [-0.05, 0) is 48.9 Å². The van der Waals surface area contributed by atoms with Crippen LogP contribution in [0.4, 0.5) is 25.8 Å². The quantitative estimate of drug-likeness (QED) is 0.430. The topological polar surface area (TPSA) is 75.1 Å². The molecular weight excluding hydrogens is 439 g/mol. The van der Waals surface area contributed by atoms with Crippen LogP contribution in [0.1, 0.15) is 11.3 Å². The van der Waals surface area contributed by atoms with E-state index in [-0.39, 0.29) is 6.03 Å². The minimum atomic E-state index is -0.436. The molecule has 0 radical (unpaired) electrons. The summed E-state index contributed by atoms with van der Waals surface area (Å²) in [5, 5.41) is 6.32. The van der Waals surface area contributed by atoms with Crippen LogP contribution in [-0.2, 0) is 13.6 Å². The first-order chi connectivity index (χ1) is 14.8. The average molecular weight is 459 g/mol. The SMILES string of the molecule is Cc1cc(CNC(=O)Nc2nc3ccc(N(C)c4ccc(Cl)cc4F)nc3s2)cn1C. The number of fused-ring (bicyclic) bond motifs is 1. The van der Waals surface area contributed by atoms with Gasteiger partial charge in [-0.3, -0.25) is 5.32 Å². The monoisotopic (exact) mass is 458 g/mol. The predicted molar refractivity (Wildman–Crippen MR) is 123 cm³/mol. The molecule has 0 atom stereocenters. The second-order valence-corrected chi connectivity index (χ2v) is 8.49. The number of nitrogens with one attached hydrogen (secondary N) is 2. The Morgan fingerprint density at radius 1 is 1.26 bits per heavy atom. The Balaban J connectivity index is 1.46. The molecule has 31 heavy (non-hydrogen) atoms. The van der Waals surface area contributed by atoms with Gasteiger partial charge in [0.1, 0.15) is 22.0 Å². The van der Waals surface area contributed by atoms with E-state index in [1.165, 1.54) is 17.4 Å². The van der Waals surface area contributed by atoms with E-state index in [1.807, 2.05) is 30.8 Å². The highest BCUT2D eigenvalue weighted by molar-refractivity contribution is 7.22. The van der Waals surface area contributed by atoms with E-state index < -0.39 is 5.82 Å². The van der Waals surface area contributed by atoms with Crippen LogP contribution in [0.5, 0.6) is 0 Å². The Kier molecular flexibility index (Phi) is 5.79. The van der Waals surface area contributed by atoms with Crippen LogP contribution in [-0.4, -0.2) is 27.6 Å². The fourth-order valence-corrected chi connectivity index (χ4v) is 4.09. The van der Waals surface area contributed by atoms with Crippen LogP contribution < -0.4 is 15.5 Å². The molecule has 7 nitrogen and oxygen atoms in total. The van der Waals surface area contributed by atoms with Gasteiger partial charge in [-0.25, -0.2) is 19.2 Å². The van der Waals surface area contributed by atoms with Crippen molar-refractivity contribution < 1.29 is 9.18 Å². The van der Waals surface area contributed by atoms with Crippen LogP contribution >= 0.6 is 22.9 Å². The number of urea groups is 1. The van der Waals surface area contributed by atoms with Gasteiger partial charge in [0.05, 0.1) is 5.69 Å². The molecule has 4 rings (SSSR count). The molecule has 0 aliphatic heterocycles. The van der Waals surface area contributed by atoms with E-state index in [4.69, 9.17) is 11.6 Å². The van der Waals surface area contributed by atoms with E-state index in [2.05, 4.69) is 20.6 Å². The van der Waals surface area contributed by atoms with Gasteiger partial charge < -0.3 is 14.8 Å². The zero-order valence-corrected chi connectivity index (χ0v) is 18.7. The van der Waals surface area contributed by atoms with Crippen molar-refractivity contribution in [2.24, 2.45) is 7.05 Å². The summed E-state index contributed by atoms with van der Waals surface area (Å²) in [5.74, 6) is 0.113. The summed E-state index contributed by atoms with van der Waals surface area (Å²) in [7, 11) is 3.68. The van der Waals surface area contributed by atoms with Gasteiger partial charge in [0.15, 0.2) is 5.13 Å². The largest absolute Gasteiger partial charge is 0.354 e. The number of carbonyl (C=O) groups excluding carboxylic acids is 1. The number of thiazole rings is 1. The molecular formula is C21H20ClFN6OS. The highest BCUT2D eigenvalue weighted by Crippen LogP contribution is 2.30. The van der Waals surface area contributed by atoms with Crippen LogP contribution in [0.3, 0.4) is 0 Å². The molecule has 0 saturated carbocycles. The highest BCUT2D eigenvalue weighted by atomic mass is 35.5. The number of anilines is 3. The van der Waals surface area contributed by atoms with Gasteiger partial charge in [-0.15, -0.1) is 0 Å². The lowest BCUT2D eigenvalue weighted by molar-refractivity contribution is 0.251. The lowest BCUT2D eigenvalue weighted by Crippen LogP contribution is -2.27. The number of hydrogen-bond acceptors (Lipinski definition) is 5. The van der Waals surface area contributed by atoms with Crippen LogP contribution in [0.25, 0.3) is 10.3 Å². The van der Waals surface area contributed by atoms with Gasteiger partial charge in [0, 0.05) is 37.6 Å². The molecule has 2 amide bonds. The first kappa shape index (κ1) is 21.1. The van der Waals surface area contributed by atoms with Crippen molar-refractivity contribution in [3.8, 4) is 0 Å². The van der Waals surface area contributed by atoms with Gasteiger partial charge in [-0.1, -0.05) is 22.9 Å². The fourth-order valence-electron chi connectivity index (χ4n) is 3.10. The molecule has 0 aliphatic carbocycles. The Morgan fingerprint density at radius 3 is 2.77 bits per heavy atom. The summed E-state index contributed by atoms with van der Waals surface area (Å²) in [6.07, 6.45) is 1.97. The molecule has 4 aromatic rings. The Morgan fingerprint density at radius 2 is 2.06 bits per heavy atom. The number of amides is 2. The number of rotatable bonds is 5. The Labute approximate surface area is 187 Å². The van der Waals surface area contributed by atoms with Crippen molar-refractivity contribution in [2.75, 3.05) is 17.3 Å². The minimum absolute atomic E-state index is 0.330. The number of halogens is 2. The van der Waals surface area contributed by atoms with Crippen molar-refractivity contribution in [2.45, 2.75) is 13.5 Å². The van der Waals surface area contributed by atoms with Crippen molar-refractivity contribution in [1.29, 1.82) is 0 Å². The summed E-state index contributed by atoms with van der Waals surface area (Å²) >= 11 is 7.08. The zero-order valence-electron chi connectivity index (χ0n) is 17.1. The van der Waals surface area contributed by atoms with Gasteiger partial charge in [-0.2, -0.15) is 0 Å². The maximum Gasteiger partial charge on any atom is 0.321 e. The summed E-state index contributed by atoms with van der Waals surface area (Å²) in [5.41, 5.74) is 3.14. The molecule has 1 aromatic carbocycles. The molecule has 2 N–H and O–H groups in total. The molecule has 0 unspecified atom stereocenters. The first-order valence-corrected chi connectivity index (χ1v) is 10.6. The van der Waals surface area contributed by atoms with E-state index >= 15 is 0 Å². The van der Waals surface area contributed by atoms with Gasteiger partial charge in [0.25, 0.3) is 0 Å². The number of aryl methyl sites for hydroxylation is 2. The number of benzene rings is 1. The molecule has 3 heterocycles. The molecule has 0 bridgehead atoms. The van der Waals surface area contributed by atoms with Crippen molar-refractivity contribution in [3.05, 3.63) is 64.7 Å². The third-order valence-corrected chi connectivity index (χ3v) is 5.95. The molecule has 0 spiro atoms. The van der Waals surface area contributed by atoms with Gasteiger partial charge in [0.2, 0.25) is 0 Å². The third-order valence-electron chi connectivity index (χ3n) is 4.84. The zero-order chi connectivity index (χ0) is 22.1. The standard InChI is InChI=1S/C21H20ClFN6OS/c1-12-8-13(11-28(12)2)10-24-20(30)27-21-25-16-5-7-18(26-19(16)31-21)29(3)17-6-4-14(22)9-15(17)23/h4-9,11H,10H2,1-3H3,(H2,24,25,27,30). The molecule has 160 valence electrons. The lowest BCUT2D eigenvalue weighted by Gasteiger charge is -2.18. The average Bonchev–Trinajstić information content (AvgIpc) is 3.27. The number of hydrogen-bond donors (Lipinski definition) is 2. The molecule has 0 fully saturated rings. The van der Waals surface area contributed by atoms with E-state index in [9.17, 15) is 9.18 Å². The Bertz CT molecular complexity index is 1250. The van der Waals surface area contributed by atoms with Crippen LogP contribution in [0.2, 0.25) is 5.02 Å². The Hall–Kier alpha value is -3.17. The van der Waals surface area contributed by atoms with Crippen LogP contribution in [0.15, 0.2) is 42.6 Å². The van der Waals surface area contributed by atoms with Gasteiger partial charge >= 0.3 is 6.03 Å². The number of carbonyl (C=O) groups is 1. The summed E-state index contributed by atoms with van der Waals surface area (Å²) in [6, 6.07) is 9.69. The van der Waals surface area contributed by atoms with Crippen molar-refractivity contribution in [3.63, 3.8) is 0 Å². The maximum atomic E-state index is 14.2. The predicted octanol–water partition coefficient (Wildman–Crippen LogP) is 5.22. The molecule has 0 aliphatic rings. The second-order valence-electron chi connectivity index (χ2n) is 7.08. The second kappa shape index (κ2) is 8.52. The number of aromatic nitrogens is 3. The normalized spacial score (nSPS) is 11.0. The first-order valence-electron chi connectivity index (χ1n) is 9.43. The summed E-state index contributed by atoms with van der Waals surface area (Å²) in [6.45, 7) is 2.42. The van der Waals surface area contributed by atoms with Crippen molar-refractivity contribution in [1.82, 2.24) is 19.9 Å². The third kappa shape index (κ3) is 4.62. The van der Waals surface area contributed by atoms with E-state index in [0.717, 1.165) is 11.3 Å². The maximum absolute atomic E-state index is 14.2. The highest BCUT2D eigenvalue weighted by Gasteiger charge is 2.14. The van der Waals surface area contributed by atoms with Crippen molar-refractivity contribution >= 4 is 56.0 Å². The summed E-state index contributed by atoms with van der Waals surface area (Å²) < 4.78 is 16.2.